The zero-order chi connectivity index (χ0) is 16.1. The maximum atomic E-state index is 13.9. The molecule has 0 saturated carbocycles. The molecule has 3 nitrogen and oxygen atoms in total. The second-order valence-corrected chi connectivity index (χ2v) is 8.36. The minimum Gasteiger partial charge on any atom is -0.306 e. The lowest BCUT2D eigenvalue weighted by Gasteiger charge is -2.35. The molecule has 4 heteroatoms. The topological polar surface area (TPSA) is 29.5 Å². The number of benzene rings is 2. The van der Waals surface area contributed by atoms with Crippen LogP contribution in [0.1, 0.15) is 37.9 Å². The minimum atomic E-state index is -3.04. The van der Waals surface area contributed by atoms with E-state index in [0.29, 0.717) is 0 Å². The number of rotatable bonds is 5. The summed E-state index contributed by atoms with van der Waals surface area (Å²) in [7, 11) is -3.04. The Labute approximate surface area is 138 Å². The van der Waals surface area contributed by atoms with Gasteiger partial charge in [0.1, 0.15) is 0 Å². The molecule has 0 aromatic heterocycles. The molecule has 0 bridgehead atoms. The van der Waals surface area contributed by atoms with Gasteiger partial charge in [0.2, 0.25) is 0 Å². The molecule has 1 fully saturated rings. The molecule has 2 aromatic rings. The predicted octanol–water partition coefficient (Wildman–Crippen LogP) is 4.77. The standard InChI is InChI=1S/C19H24NO2P/c1-17(18-11-5-2-6-12-18)22-23(21,19-13-7-3-8-14-19)20-15-9-4-10-16-20/h2-3,5-8,11-14,17H,4,9-10,15-16H2,1H3. The first kappa shape index (κ1) is 16.4. The van der Waals surface area contributed by atoms with Gasteiger partial charge in [0.25, 0.3) is 0 Å². The molecule has 1 aliphatic rings. The average Bonchev–Trinajstić information content (AvgIpc) is 2.64. The van der Waals surface area contributed by atoms with E-state index in [4.69, 9.17) is 4.52 Å². The first-order chi connectivity index (χ1) is 11.2. The van der Waals surface area contributed by atoms with Crippen LogP contribution in [0.2, 0.25) is 0 Å². The Hall–Kier alpha value is -1.41. The van der Waals surface area contributed by atoms with Crippen LogP contribution in [0.15, 0.2) is 60.7 Å². The van der Waals surface area contributed by atoms with Crippen molar-refractivity contribution in [2.75, 3.05) is 13.1 Å². The van der Waals surface area contributed by atoms with E-state index in [9.17, 15) is 4.57 Å². The molecule has 122 valence electrons. The van der Waals surface area contributed by atoms with Crippen molar-refractivity contribution in [3.8, 4) is 0 Å². The third-order valence-electron chi connectivity index (χ3n) is 4.36. The summed E-state index contributed by atoms with van der Waals surface area (Å²) in [5.41, 5.74) is 1.06. The van der Waals surface area contributed by atoms with Gasteiger partial charge in [0.05, 0.1) is 11.4 Å². The monoisotopic (exact) mass is 329 g/mol. The molecule has 2 atom stereocenters. The molecule has 3 rings (SSSR count). The van der Waals surface area contributed by atoms with Gasteiger partial charge in [-0.2, -0.15) is 0 Å². The fraction of sp³-hybridized carbons (Fsp3) is 0.368. The highest BCUT2D eigenvalue weighted by Gasteiger charge is 2.36. The van der Waals surface area contributed by atoms with Crippen molar-refractivity contribution in [1.29, 1.82) is 0 Å². The van der Waals surface area contributed by atoms with Gasteiger partial charge in [-0.1, -0.05) is 55.0 Å². The van der Waals surface area contributed by atoms with Gasteiger partial charge in [-0.15, -0.1) is 0 Å². The lowest BCUT2D eigenvalue weighted by atomic mass is 10.1. The molecule has 0 aliphatic carbocycles. The maximum absolute atomic E-state index is 13.9. The van der Waals surface area contributed by atoms with Crippen LogP contribution in [-0.2, 0) is 9.09 Å². The average molecular weight is 329 g/mol. The Morgan fingerprint density at radius 1 is 0.913 bits per heavy atom. The highest BCUT2D eigenvalue weighted by molar-refractivity contribution is 7.64. The summed E-state index contributed by atoms with van der Waals surface area (Å²) in [4.78, 5) is 0. The van der Waals surface area contributed by atoms with Gasteiger partial charge in [-0.25, -0.2) is 4.67 Å². The first-order valence-electron chi connectivity index (χ1n) is 8.34. The quantitative estimate of drug-likeness (QED) is 0.740. The van der Waals surface area contributed by atoms with Crippen LogP contribution in [0, 0.1) is 0 Å². The number of hydrogen-bond donors (Lipinski definition) is 0. The smallest absolute Gasteiger partial charge is 0.302 e. The van der Waals surface area contributed by atoms with Crippen molar-refractivity contribution in [2.45, 2.75) is 32.3 Å². The highest BCUT2D eigenvalue weighted by atomic mass is 31.2. The van der Waals surface area contributed by atoms with E-state index < -0.39 is 7.52 Å². The van der Waals surface area contributed by atoms with Crippen molar-refractivity contribution in [3.63, 3.8) is 0 Å². The second kappa shape index (κ2) is 7.44. The molecule has 2 unspecified atom stereocenters. The van der Waals surface area contributed by atoms with Crippen LogP contribution >= 0.6 is 7.52 Å². The summed E-state index contributed by atoms with van der Waals surface area (Å²) in [5, 5.41) is 0.796. The fourth-order valence-corrected chi connectivity index (χ4v) is 5.54. The highest BCUT2D eigenvalue weighted by Crippen LogP contribution is 2.54. The van der Waals surface area contributed by atoms with Crippen LogP contribution in [0.3, 0.4) is 0 Å². The van der Waals surface area contributed by atoms with Crippen LogP contribution in [-0.4, -0.2) is 17.8 Å². The summed E-state index contributed by atoms with van der Waals surface area (Å²) >= 11 is 0. The molecule has 2 aromatic carbocycles. The van der Waals surface area contributed by atoms with Crippen molar-refractivity contribution in [3.05, 3.63) is 66.2 Å². The maximum Gasteiger partial charge on any atom is 0.302 e. The molecular formula is C19H24NO2P. The van der Waals surface area contributed by atoms with Crippen LogP contribution < -0.4 is 5.30 Å². The molecule has 23 heavy (non-hydrogen) atoms. The Kier molecular flexibility index (Phi) is 5.32. The zero-order valence-corrected chi connectivity index (χ0v) is 14.5. The summed E-state index contributed by atoms with van der Waals surface area (Å²) in [5.74, 6) is 0. The molecule has 0 spiro atoms. The van der Waals surface area contributed by atoms with Crippen LogP contribution in [0.4, 0.5) is 0 Å². The van der Waals surface area contributed by atoms with Gasteiger partial charge < -0.3 is 4.52 Å². The van der Waals surface area contributed by atoms with E-state index in [1.165, 1.54) is 6.42 Å². The van der Waals surface area contributed by atoms with Crippen molar-refractivity contribution in [2.24, 2.45) is 0 Å². The van der Waals surface area contributed by atoms with Gasteiger partial charge in [0, 0.05) is 13.1 Å². The summed E-state index contributed by atoms with van der Waals surface area (Å²) < 4.78 is 22.1. The molecule has 1 aliphatic heterocycles. The number of hydrogen-bond acceptors (Lipinski definition) is 2. The lowest BCUT2D eigenvalue weighted by molar-refractivity contribution is 0.193. The van der Waals surface area contributed by atoms with E-state index in [-0.39, 0.29) is 6.10 Å². The van der Waals surface area contributed by atoms with E-state index in [0.717, 1.165) is 36.8 Å². The van der Waals surface area contributed by atoms with E-state index >= 15 is 0 Å². The third-order valence-corrected chi connectivity index (χ3v) is 7.05. The summed E-state index contributed by atoms with van der Waals surface area (Å²) in [6.07, 6.45) is 3.17. The molecule has 0 radical (unpaired) electrons. The van der Waals surface area contributed by atoms with Gasteiger partial charge >= 0.3 is 7.52 Å². The second-order valence-electron chi connectivity index (χ2n) is 6.03. The van der Waals surface area contributed by atoms with Crippen molar-refractivity contribution < 1.29 is 9.09 Å². The predicted molar refractivity (Wildman–Crippen MR) is 95.0 cm³/mol. The largest absolute Gasteiger partial charge is 0.306 e. The molecule has 0 N–H and O–H groups in total. The van der Waals surface area contributed by atoms with Crippen LogP contribution in [0.5, 0.6) is 0 Å². The Balaban J connectivity index is 1.90. The van der Waals surface area contributed by atoms with E-state index in [1.807, 2.05) is 67.6 Å². The SMILES string of the molecule is CC(OP(=O)(c1ccccc1)N1CCCCC1)c1ccccc1. The Morgan fingerprint density at radius 2 is 1.48 bits per heavy atom. The van der Waals surface area contributed by atoms with Crippen molar-refractivity contribution in [1.82, 2.24) is 4.67 Å². The van der Waals surface area contributed by atoms with E-state index in [2.05, 4.69) is 4.67 Å². The normalized spacial score (nSPS) is 19.9. The van der Waals surface area contributed by atoms with E-state index in [1.54, 1.807) is 0 Å². The molecule has 0 amide bonds. The van der Waals surface area contributed by atoms with Crippen LogP contribution in [0.25, 0.3) is 0 Å². The van der Waals surface area contributed by atoms with Gasteiger partial charge in [-0.3, -0.25) is 4.57 Å². The number of nitrogens with zero attached hydrogens (tertiary/aromatic N) is 1. The van der Waals surface area contributed by atoms with Crippen molar-refractivity contribution >= 4 is 12.8 Å². The fourth-order valence-electron chi connectivity index (χ4n) is 3.05. The first-order valence-corrected chi connectivity index (χ1v) is 9.92. The molecular weight excluding hydrogens is 305 g/mol. The lowest BCUT2D eigenvalue weighted by Crippen LogP contribution is -2.32. The van der Waals surface area contributed by atoms with Gasteiger partial charge in [-0.05, 0) is 37.5 Å². The molecule has 1 heterocycles. The summed E-state index contributed by atoms with van der Waals surface area (Å²) in [6, 6.07) is 19.7. The Bertz CT molecular complexity index is 654. The zero-order valence-electron chi connectivity index (χ0n) is 13.6. The molecule has 1 saturated heterocycles. The Morgan fingerprint density at radius 3 is 2.09 bits per heavy atom. The summed E-state index contributed by atoms with van der Waals surface area (Å²) in [6.45, 7) is 3.66. The minimum absolute atomic E-state index is 0.204. The number of piperidine rings is 1. The third kappa shape index (κ3) is 3.74. The van der Waals surface area contributed by atoms with Gasteiger partial charge in [0.15, 0.2) is 0 Å².